The van der Waals surface area contributed by atoms with Gasteiger partial charge in [0.2, 0.25) is 0 Å². The monoisotopic (exact) mass is 830 g/mol. The van der Waals surface area contributed by atoms with Crippen LogP contribution in [0.5, 0.6) is 0 Å². The second kappa shape index (κ2) is 14.1. The molecule has 0 saturated heterocycles. The van der Waals surface area contributed by atoms with Gasteiger partial charge in [0.1, 0.15) is 16.7 Å². The van der Waals surface area contributed by atoms with Crippen molar-refractivity contribution in [2.75, 3.05) is 11.1 Å². The lowest BCUT2D eigenvalue weighted by Crippen LogP contribution is -2.14. The zero-order chi connectivity index (χ0) is 40.5. The van der Waals surface area contributed by atoms with E-state index >= 15 is 0 Å². The van der Waals surface area contributed by atoms with Crippen molar-refractivity contribution < 1.29 is 8.83 Å². The lowest BCUT2D eigenvalue weighted by molar-refractivity contribution is 0.646. The molecule has 5 heteroatoms. The van der Waals surface area contributed by atoms with Crippen LogP contribution in [0.3, 0.4) is 0 Å². The molecular weight excluding hydrogens is 789 g/mol. The third-order valence-corrected chi connectivity index (χ3v) is 12.8. The van der Waals surface area contributed by atoms with Gasteiger partial charge in [-0.25, -0.2) is 0 Å². The van der Waals surface area contributed by atoms with E-state index in [9.17, 15) is 0 Å². The molecule has 0 amide bonds. The number of hydrogen-bond donors (Lipinski definition) is 2. The highest BCUT2D eigenvalue weighted by Gasteiger charge is 2.37. The summed E-state index contributed by atoms with van der Waals surface area (Å²) < 4.78 is 13.6. The average molecular weight is 832 g/mol. The molecule has 2 aliphatic carbocycles. The van der Waals surface area contributed by atoms with Crippen molar-refractivity contribution in [3.63, 3.8) is 0 Å². The van der Waals surface area contributed by atoms with Crippen molar-refractivity contribution in [1.82, 2.24) is 0 Å². The van der Waals surface area contributed by atoms with Crippen LogP contribution in [0.1, 0.15) is 49.9 Å². The van der Waals surface area contributed by atoms with Crippen molar-refractivity contribution in [1.29, 1.82) is 0 Å². The van der Waals surface area contributed by atoms with Crippen LogP contribution in [0.25, 0.3) is 66.1 Å². The minimum atomic E-state index is -0.0236. The van der Waals surface area contributed by atoms with E-state index in [1.165, 1.54) is 60.7 Å². The second-order valence-corrected chi connectivity index (χ2v) is 17.4. The molecule has 0 bridgehead atoms. The van der Waals surface area contributed by atoms with Crippen molar-refractivity contribution in [3.8, 4) is 22.3 Å². The second-order valence-electron chi connectivity index (χ2n) is 16.5. The van der Waals surface area contributed by atoms with E-state index < -0.39 is 0 Å². The minimum absolute atomic E-state index is 0.0102. The lowest BCUT2D eigenvalue weighted by Gasteiger charge is -2.21. The largest absolute Gasteiger partial charge is 0.455 e. The predicted molar refractivity (Wildman–Crippen MR) is 251 cm³/mol. The van der Waals surface area contributed by atoms with Gasteiger partial charge in [-0.2, -0.15) is 0 Å². The molecule has 0 fully saturated rings. The van der Waals surface area contributed by atoms with Crippen molar-refractivity contribution in [2.45, 2.75) is 38.5 Å². The zero-order valence-electron chi connectivity index (χ0n) is 33.4. The number of para-hydroxylation sites is 4. The highest BCUT2D eigenvalue weighted by molar-refractivity contribution is 9.10. The molecule has 0 aliphatic heterocycles. The zero-order valence-corrected chi connectivity index (χ0v) is 35.0. The predicted octanol–water partition coefficient (Wildman–Crippen LogP) is 15.6. The van der Waals surface area contributed by atoms with Gasteiger partial charge in [0.15, 0.2) is 5.58 Å². The Balaban J connectivity index is 0.000000125. The summed E-state index contributed by atoms with van der Waals surface area (Å²) in [5.41, 5.74) is 22.8. The van der Waals surface area contributed by atoms with Gasteiger partial charge in [-0.1, -0.05) is 137 Å². The van der Waals surface area contributed by atoms with Gasteiger partial charge in [-0.3, -0.25) is 0 Å². The number of nitrogens with one attached hydrogen (secondary N) is 1. The molecule has 3 N–H and O–H groups in total. The Morgan fingerprint density at radius 2 is 0.915 bits per heavy atom. The van der Waals surface area contributed by atoms with Gasteiger partial charge in [0, 0.05) is 43.7 Å². The first-order valence-electron chi connectivity index (χ1n) is 20.1. The van der Waals surface area contributed by atoms with Gasteiger partial charge in [-0.15, -0.1) is 0 Å². The van der Waals surface area contributed by atoms with Gasteiger partial charge >= 0.3 is 0 Å². The number of rotatable bonds is 2. The normalized spacial score (nSPS) is 13.8. The topological polar surface area (TPSA) is 64.3 Å². The Kier molecular flexibility index (Phi) is 8.77. The Hall–Kier alpha value is -6.56. The molecule has 2 heterocycles. The maximum absolute atomic E-state index is 6.41. The highest BCUT2D eigenvalue weighted by Crippen LogP contribution is 2.52. The van der Waals surface area contributed by atoms with Crippen LogP contribution in [-0.4, -0.2) is 0 Å². The van der Waals surface area contributed by atoms with Gasteiger partial charge in [0.25, 0.3) is 0 Å². The van der Waals surface area contributed by atoms with Gasteiger partial charge in [0.05, 0.1) is 10.2 Å². The van der Waals surface area contributed by atoms with Crippen molar-refractivity contribution >= 4 is 76.9 Å². The first kappa shape index (κ1) is 36.8. The average Bonchev–Trinajstić information content (AvgIpc) is 3.94. The molecule has 0 saturated carbocycles. The maximum atomic E-state index is 6.41. The summed E-state index contributed by atoms with van der Waals surface area (Å²) in [5, 5.41) is 8.17. The third kappa shape index (κ3) is 6.11. The number of benzene rings is 8. The van der Waals surface area contributed by atoms with Crippen LogP contribution < -0.4 is 11.1 Å². The van der Waals surface area contributed by atoms with Crippen LogP contribution in [0.15, 0.2) is 183 Å². The number of nitrogen functional groups attached to an aromatic ring is 1. The standard InChI is InChI=1S/C27H21NO.C21H15BrO.C6H7N/c1-27(2)22-13-7-6-11-18(22)20-15-21-19-12-8-14-24(28-17-9-4-3-5-10-17)26(19)29-25(21)16-23(20)27;1-21(2)16-8-4-3-6-12(16)14-10-15-13-7-5-9-18(22)20(13)23-19(15)11-17(14)21;7-6-4-2-1-3-5-6/h3-16,28H,1-2H3;3-11H,1-2H3;1-5H,7H2. The first-order chi connectivity index (χ1) is 28.6. The number of hydrogen-bond acceptors (Lipinski definition) is 4. The molecule has 288 valence electrons. The van der Waals surface area contributed by atoms with E-state index in [2.05, 4.69) is 164 Å². The van der Waals surface area contributed by atoms with E-state index in [0.717, 1.165) is 49.3 Å². The molecule has 2 aliphatic rings. The fourth-order valence-electron chi connectivity index (χ4n) is 9.18. The van der Waals surface area contributed by atoms with E-state index in [1.807, 2.05) is 54.6 Å². The van der Waals surface area contributed by atoms with Crippen molar-refractivity contribution in [2.24, 2.45) is 0 Å². The van der Waals surface area contributed by atoms with E-state index in [0.29, 0.717) is 0 Å². The molecule has 59 heavy (non-hydrogen) atoms. The molecule has 4 nitrogen and oxygen atoms in total. The number of nitrogens with two attached hydrogens (primary N) is 1. The van der Waals surface area contributed by atoms with Crippen LogP contribution >= 0.6 is 15.9 Å². The Morgan fingerprint density at radius 1 is 0.441 bits per heavy atom. The third-order valence-electron chi connectivity index (χ3n) is 12.2. The van der Waals surface area contributed by atoms with E-state index in [1.54, 1.807) is 0 Å². The fourth-order valence-corrected chi connectivity index (χ4v) is 9.62. The molecule has 0 radical (unpaired) electrons. The quantitative estimate of drug-likeness (QED) is 0.170. The molecular formula is C54H43BrN2O2. The molecule has 2 aromatic heterocycles. The Bertz CT molecular complexity index is 3210. The van der Waals surface area contributed by atoms with Crippen LogP contribution in [0.2, 0.25) is 0 Å². The summed E-state index contributed by atoms with van der Waals surface area (Å²) in [7, 11) is 0. The lowest BCUT2D eigenvalue weighted by atomic mass is 9.82. The molecule has 12 rings (SSSR count). The van der Waals surface area contributed by atoms with Crippen LogP contribution in [0, 0.1) is 0 Å². The number of furan rings is 2. The van der Waals surface area contributed by atoms with Gasteiger partial charge in [-0.05, 0) is 121 Å². The summed E-state index contributed by atoms with van der Waals surface area (Å²) >= 11 is 3.60. The first-order valence-corrected chi connectivity index (χ1v) is 20.9. The summed E-state index contributed by atoms with van der Waals surface area (Å²) in [6, 6.07) is 58.8. The van der Waals surface area contributed by atoms with E-state index in [-0.39, 0.29) is 10.8 Å². The van der Waals surface area contributed by atoms with Crippen LogP contribution in [0.4, 0.5) is 17.1 Å². The SMILES string of the molecule is CC1(C)c2ccccc2-c2cc3c(cc21)oc1c(Br)cccc13.CC1(C)c2ccccc2-c2cc3c(cc21)oc1c(Nc2ccccc2)cccc13.Nc1ccccc1. The smallest absolute Gasteiger partial charge is 0.158 e. The summed E-state index contributed by atoms with van der Waals surface area (Å²) in [5.74, 6) is 0. The van der Waals surface area contributed by atoms with Crippen molar-refractivity contribution in [3.05, 3.63) is 197 Å². The Labute approximate surface area is 352 Å². The Morgan fingerprint density at radius 3 is 1.46 bits per heavy atom. The number of fused-ring (bicyclic) bond motifs is 12. The minimum Gasteiger partial charge on any atom is -0.455 e. The summed E-state index contributed by atoms with van der Waals surface area (Å²) in [4.78, 5) is 0. The molecule has 8 aromatic carbocycles. The number of halogens is 1. The number of anilines is 3. The maximum Gasteiger partial charge on any atom is 0.158 e. The van der Waals surface area contributed by atoms with E-state index in [4.69, 9.17) is 14.6 Å². The highest BCUT2D eigenvalue weighted by atomic mass is 79.9. The molecule has 0 unspecified atom stereocenters. The molecule has 0 spiro atoms. The van der Waals surface area contributed by atoms with Gasteiger partial charge < -0.3 is 19.9 Å². The summed E-state index contributed by atoms with van der Waals surface area (Å²) in [6.45, 7) is 9.19. The molecule has 0 atom stereocenters. The summed E-state index contributed by atoms with van der Waals surface area (Å²) in [6.07, 6.45) is 0. The van der Waals surface area contributed by atoms with Crippen LogP contribution in [-0.2, 0) is 10.8 Å². The molecule has 10 aromatic rings. The fraction of sp³-hybridized carbons (Fsp3) is 0.111.